The Morgan fingerprint density at radius 2 is 1.93 bits per heavy atom. The largest absolute Gasteiger partial charge is 0.346 e. The second-order valence-corrected chi connectivity index (χ2v) is 6.00. The molecule has 2 heteroatoms. The van der Waals surface area contributed by atoms with Crippen LogP contribution in [0.4, 0.5) is 0 Å². The standard InChI is InChI=1S/C13H20O2/c1-11(2)6-4-5-10-9-14-12(3)7-8-13(10,11)15-12/h5H,4,6-9H2,1-3H3/t12-,13-/m1/s1. The lowest BCUT2D eigenvalue weighted by Gasteiger charge is -2.51. The molecule has 15 heavy (non-hydrogen) atoms. The predicted octanol–water partition coefficient (Wildman–Crippen LogP) is 3.03. The summed E-state index contributed by atoms with van der Waals surface area (Å²) in [5.74, 6) is -0.314. The zero-order chi connectivity index (χ0) is 10.7. The summed E-state index contributed by atoms with van der Waals surface area (Å²) in [6, 6.07) is 0. The van der Waals surface area contributed by atoms with Crippen molar-refractivity contribution in [1.29, 1.82) is 0 Å². The van der Waals surface area contributed by atoms with Gasteiger partial charge in [0.2, 0.25) is 0 Å². The Morgan fingerprint density at radius 1 is 1.13 bits per heavy atom. The summed E-state index contributed by atoms with van der Waals surface area (Å²) in [5.41, 5.74) is 1.64. The lowest BCUT2D eigenvalue weighted by atomic mass is 9.64. The van der Waals surface area contributed by atoms with E-state index >= 15 is 0 Å². The Kier molecular flexibility index (Phi) is 1.75. The van der Waals surface area contributed by atoms with Crippen molar-refractivity contribution in [3.63, 3.8) is 0 Å². The molecule has 2 aliphatic heterocycles. The van der Waals surface area contributed by atoms with Gasteiger partial charge >= 0.3 is 0 Å². The first-order valence-electron chi connectivity index (χ1n) is 6.01. The third kappa shape index (κ3) is 1.12. The number of hydrogen-bond acceptors (Lipinski definition) is 2. The first kappa shape index (κ1) is 9.86. The van der Waals surface area contributed by atoms with Gasteiger partial charge in [0.25, 0.3) is 0 Å². The van der Waals surface area contributed by atoms with Gasteiger partial charge in [-0.25, -0.2) is 0 Å². The molecule has 84 valence electrons. The Morgan fingerprint density at radius 3 is 2.73 bits per heavy atom. The van der Waals surface area contributed by atoms with E-state index in [4.69, 9.17) is 9.47 Å². The molecule has 1 aliphatic carbocycles. The van der Waals surface area contributed by atoms with Crippen molar-refractivity contribution >= 4 is 0 Å². The molecule has 1 spiro atoms. The topological polar surface area (TPSA) is 18.5 Å². The summed E-state index contributed by atoms with van der Waals surface area (Å²) < 4.78 is 12.1. The fourth-order valence-electron chi connectivity index (χ4n) is 3.49. The number of ether oxygens (including phenoxy) is 2. The van der Waals surface area contributed by atoms with Crippen LogP contribution >= 0.6 is 0 Å². The summed E-state index contributed by atoms with van der Waals surface area (Å²) >= 11 is 0. The van der Waals surface area contributed by atoms with Gasteiger partial charge in [0.1, 0.15) is 5.60 Å². The van der Waals surface area contributed by atoms with Gasteiger partial charge < -0.3 is 9.47 Å². The maximum atomic E-state index is 6.30. The molecule has 2 atom stereocenters. The summed E-state index contributed by atoms with van der Waals surface area (Å²) in [4.78, 5) is 0. The average Bonchev–Trinajstić information content (AvgIpc) is 2.44. The molecule has 2 nitrogen and oxygen atoms in total. The SMILES string of the molecule is CC1(C)CCC=C2CO[C@@]3(C)CC[C@@]21O3. The minimum absolute atomic E-state index is 0.0156. The molecule has 0 saturated carbocycles. The zero-order valence-corrected chi connectivity index (χ0v) is 9.93. The zero-order valence-electron chi connectivity index (χ0n) is 9.93. The molecule has 0 aromatic heterocycles. The third-order valence-electron chi connectivity index (χ3n) is 4.63. The summed E-state index contributed by atoms with van der Waals surface area (Å²) in [7, 11) is 0. The molecule has 0 radical (unpaired) electrons. The number of hydrogen-bond donors (Lipinski definition) is 0. The quantitative estimate of drug-likeness (QED) is 0.570. The van der Waals surface area contributed by atoms with Crippen LogP contribution in [0.25, 0.3) is 0 Å². The molecule has 0 aromatic rings. The first-order valence-corrected chi connectivity index (χ1v) is 6.01. The Hall–Kier alpha value is -0.340. The highest BCUT2D eigenvalue weighted by Gasteiger charge is 2.60. The summed E-state index contributed by atoms with van der Waals surface area (Å²) in [6.07, 6.45) is 6.91. The van der Waals surface area contributed by atoms with Crippen LogP contribution in [0.2, 0.25) is 0 Å². The van der Waals surface area contributed by atoms with Crippen LogP contribution in [0.5, 0.6) is 0 Å². The Labute approximate surface area is 91.6 Å². The van der Waals surface area contributed by atoms with Crippen LogP contribution in [0.1, 0.15) is 46.5 Å². The molecule has 2 saturated heterocycles. The first-order chi connectivity index (χ1) is 6.98. The van der Waals surface area contributed by atoms with E-state index in [0.717, 1.165) is 19.4 Å². The van der Waals surface area contributed by atoms with Gasteiger partial charge in [0.05, 0.1) is 6.61 Å². The van der Waals surface area contributed by atoms with Crippen molar-refractivity contribution in [1.82, 2.24) is 0 Å². The molecule has 0 aromatic carbocycles. The molecular weight excluding hydrogens is 188 g/mol. The Bertz CT molecular complexity index is 331. The van der Waals surface area contributed by atoms with Gasteiger partial charge in [-0.3, -0.25) is 0 Å². The number of allylic oxidation sites excluding steroid dienone is 1. The lowest BCUT2D eigenvalue weighted by molar-refractivity contribution is -0.280. The van der Waals surface area contributed by atoms with Gasteiger partial charge in [0, 0.05) is 6.42 Å². The van der Waals surface area contributed by atoms with E-state index < -0.39 is 0 Å². The van der Waals surface area contributed by atoms with Gasteiger partial charge in [-0.05, 0) is 37.2 Å². The van der Waals surface area contributed by atoms with Gasteiger partial charge in [-0.15, -0.1) is 0 Å². The average molecular weight is 208 g/mol. The van der Waals surface area contributed by atoms with Crippen molar-refractivity contribution in [3.05, 3.63) is 11.6 Å². The van der Waals surface area contributed by atoms with Crippen LogP contribution in [0, 0.1) is 5.41 Å². The van der Waals surface area contributed by atoms with E-state index in [-0.39, 0.29) is 16.8 Å². The van der Waals surface area contributed by atoms with Gasteiger partial charge in [-0.1, -0.05) is 19.9 Å². The maximum Gasteiger partial charge on any atom is 0.167 e. The number of rotatable bonds is 0. The molecule has 0 amide bonds. The van der Waals surface area contributed by atoms with Crippen molar-refractivity contribution in [3.8, 4) is 0 Å². The highest BCUT2D eigenvalue weighted by atomic mass is 16.7. The normalized spacial score (nSPS) is 47.3. The van der Waals surface area contributed by atoms with Crippen molar-refractivity contribution in [2.75, 3.05) is 6.61 Å². The van der Waals surface area contributed by atoms with Crippen LogP contribution in [0.15, 0.2) is 11.6 Å². The monoisotopic (exact) mass is 208 g/mol. The van der Waals surface area contributed by atoms with Crippen LogP contribution in [-0.4, -0.2) is 18.0 Å². The van der Waals surface area contributed by atoms with Crippen LogP contribution in [0.3, 0.4) is 0 Å². The van der Waals surface area contributed by atoms with E-state index in [9.17, 15) is 0 Å². The third-order valence-corrected chi connectivity index (χ3v) is 4.63. The van der Waals surface area contributed by atoms with Gasteiger partial charge in [0.15, 0.2) is 5.79 Å². The second-order valence-electron chi connectivity index (χ2n) is 6.00. The van der Waals surface area contributed by atoms with E-state index in [1.54, 1.807) is 0 Å². The van der Waals surface area contributed by atoms with Crippen molar-refractivity contribution in [2.45, 2.75) is 57.8 Å². The van der Waals surface area contributed by atoms with E-state index in [2.05, 4.69) is 26.8 Å². The van der Waals surface area contributed by atoms with E-state index in [1.165, 1.54) is 18.4 Å². The van der Waals surface area contributed by atoms with Gasteiger partial charge in [-0.2, -0.15) is 0 Å². The highest BCUT2D eigenvalue weighted by molar-refractivity contribution is 5.30. The smallest absolute Gasteiger partial charge is 0.167 e. The molecule has 2 fully saturated rings. The maximum absolute atomic E-state index is 6.30. The molecule has 3 aliphatic rings. The second kappa shape index (κ2) is 2.67. The molecular formula is C13H20O2. The molecule has 0 N–H and O–H groups in total. The minimum atomic E-state index is -0.314. The highest BCUT2D eigenvalue weighted by Crippen LogP contribution is 2.58. The molecule has 2 bridgehead atoms. The molecule has 2 heterocycles. The minimum Gasteiger partial charge on any atom is -0.346 e. The van der Waals surface area contributed by atoms with Crippen molar-refractivity contribution in [2.24, 2.45) is 5.41 Å². The Balaban J connectivity index is 2.09. The lowest BCUT2D eigenvalue weighted by Crippen LogP contribution is -2.54. The van der Waals surface area contributed by atoms with Crippen molar-refractivity contribution < 1.29 is 9.47 Å². The van der Waals surface area contributed by atoms with Crippen LogP contribution < -0.4 is 0 Å². The molecule has 0 unspecified atom stereocenters. The fourth-order valence-corrected chi connectivity index (χ4v) is 3.49. The predicted molar refractivity (Wildman–Crippen MR) is 58.5 cm³/mol. The molecule has 3 rings (SSSR count). The van der Waals surface area contributed by atoms with Crippen LogP contribution in [-0.2, 0) is 9.47 Å². The van der Waals surface area contributed by atoms with E-state index in [0.29, 0.717) is 0 Å². The number of fused-ring (bicyclic) bond motifs is 1. The fraction of sp³-hybridized carbons (Fsp3) is 0.846. The summed E-state index contributed by atoms with van der Waals surface area (Å²) in [6.45, 7) is 7.55. The van der Waals surface area contributed by atoms with E-state index in [1.807, 2.05) is 0 Å². The summed E-state index contributed by atoms with van der Waals surface area (Å²) in [5, 5.41) is 0.